The maximum atomic E-state index is 12.2. The van der Waals surface area contributed by atoms with Crippen molar-refractivity contribution in [2.45, 2.75) is 46.5 Å². The quantitative estimate of drug-likeness (QED) is 0.319. The summed E-state index contributed by atoms with van der Waals surface area (Å²) in [6.07, 6.45) is 5.28. The highest BCUT2D eigenvalue weighted by atomic mass is 79.9. The molecule has 2 aliphatic rings. The summed E-state index contributed by atoms with van der Waals surface area (Å²) in [5.41, 5.74) is 5.74. The Morgan fingerprint density at radius 2 is 1.91 bits per heavy atom. The number of benzene rings is 1. The molecule has 2 heterocycles. The summed E-state index contributed by atoms with van der Waals surface area (Å²) in [7, 11) is 0. The molecular weight excluding hydrogens is 510 g/mol. The molecule has 1 aromatic heterocycles. The molecule has 0 N–H and O–H groups in total. The molecule has 7 nitrogen and oxygen atoms in total. The number of amides is 1. The zero-order valence-electron chi connectivity index (χ0n) is 17.7. The largest absolute Gasteiger partial charge is 0.450 e. The fraction of sp³-hybridized carbons (Fsp3) is 0.417. The summed E-state index contributed by atoms with van der Waals surface area (Å²) in [4.78, 5) is 29.8. The lowest BCUT2D eigenvalue weighted by Gasteiger charge is -2.30. The van der Waals surface area contributed by atoms with Crippen molar-refractivity contribution in [3.05, 3.63) is 72.0 Å². The minimum atomic E-state index is -0.442. The number of nitro groups is 1. The zero-order valence-corrected chi connectivity index (χ0v) is 20.0. The van der Waals surface area contributed by atoms with E-state index in [4.69, 9.17) is 21.3 Å². The first-order valence-corrected chi connectivity index (χ1v) is 11.8. The first-order valence-electron chi connectivity index (χ1n) is 10.6. The monoisotopic (exact) mass is 535 g/mol. The maximum absolute atomic E-state index is 12.2. The lowest BCUT2D eigenvalue weighted by atomic mass is 9.83. The van der Waals surface area contributed by atoms with Gasteiger partial charge in [0.1, 0.15) is 5.02 Å². The van der Waals surface area contributed by atoms with Crippen LogP contribution in [0.2, 0.25) is 5.02 Å². The summed E-state index contributed by atoms with van der Waals surface area (Å²) < 4.78 is 6.05. The van der Waals surface area contributed by atoms with Gasteiger partial charge in [-0.05, 0) is 83.8 Å². The Balaban J connectivity index is 0.00000306. The maximum Gasteiger partial charge on any atom is 0.409 e. The number of halogens is 2. The molecule has 1 aliphatic carbocycles. The molecule has 0 bridgehead atoms. The van der Waals surface area contributed by atoms with Gasteiger partial charge in [-0.2, -0.15) is 0 Å². The van der Waals surface area contributed by atoms with Crippen molar-refractivity contribution in [2.75, 3.05) is 19.7 Å². The number of nitrogens with zero attached hydrogens (tertiary/aromatic N) is 3. The second-order valence-electron chi connectivity index (χ2n) is 7.90. The summed E-state index contributed by atoms with van der Waals surface area (Å²) >= 11 is 9.77. The van der Waals surface area contributed by atoms with Gasteiger partial charge < -0.3 is 9.64 Å². The van der Waals surface area contributed by atoms with Crippen LogP contribution in [0.5, 0.6) is 0 Å². The zero-order chi connectivity index (χ0) is 22.8. The molecular formula is C24H27BrClN3O4. The van der Waals surface area contributed by atoms with Crippen LogP contribution < -0.4 is 0 Å². The average Bonchev–Trinajstić information content (AvgIpc) is 2.75. The number of nitro benzene ring substituents is 1. The van der Waals surface area contributed by atoms with Crippen LogP contribution >= 0.6 is 27.5 Å². The number of piperidine rings is 1. The fourth-order valence-corrected chi connectivity index (χ4v) is 5.09. The molecule has 1 fully saturated rings. The van der Waals surface area contributed by atoms with Crippen molar-refractivity contribution < 1.29 is 14.5 Å². The van der Waals surface area contributed by atoms with Gasteiger partial charge in [0.2, 0.25) is 0 Å². The van der Waals surface area contributed by atoms with Gasteiger partial charge >= 0.3 is 6.09 Å². The predicted molar refractivity (Wildman–Crippen MR) is 133 cm³/mol. The van der Waals surface area contributed by atoms with Crippen molar-refractivity contribution in [1.29, 1.82) is 0 Å². The van der Waals surface area contributed by atoms with Gasteiger partial charge in [0.05, 0.1) is 17.2 Å². The average molecular weight is 537 g/mol. The number of carbonyl (C=O) groups excluding carboxylic acids is 1. The minimum Gasteiger partial charge on any atom is -0.450 e. The van der Waals surface area contributed by atoms with Gasteiger partial charge in [0.15, 0.2) is 0 Å². The molecule has 1 saturated heterocycles. The van der Waals surface area contributed by atoms with E-state index in [1.807, 2.05) is 0 Å². The summed E-state index contributed by atoms with van der Waals surface area (Å²) in [6, 6.07) is 5.40. The molecule has 0 radical (unpaired) electrons. The van der Waals surface area contributed by atoms with Gasteiger partial charge in [-0.3, -0.25) is 15.1 Å². The van der Waals surface area contributed by atoms with Crippen molar-refractivity contribution >= 4 is 44.9 Å². The Bertz CT molecular complexity index is 1110. The molecule has 1 amide bonds. The second kappa shape index (κ2) is 10.7. The Labute approximate surface area is 207 Å². The van der Waals surface area contributed by atoms with Crippen LogP contribution in [-0.2, 0) is 17.6 Å². The first kappa shape index (κ1) is 25.2. The molecule has 4 rings (SSSR count). The van der Waals surface area contributed by atoms with E-state index in [9.17, 15) is 14.9 Å². The van der Waals surface area contributed by atoms with Gasteiger partial charge in [0.25, 0.3) is 5.69 Å². The number of pyridine rings is 1. The highest BCUT2D eigenvalue weighted by Crippen LogP contribution is 2.41. The lowest BCUT2D eigenvalue weighted by Crippen LogP contribution is -2.37. The number of carbonyl (C=O) groups is 1. The van der Waals surface area contributed by atoms with E-state index in [1.54, 1.807) is 30.2 Å². The van der Waals surface area contributed by atoms with Crippen molar-refractivity contribution in [3.8, 4) is 0 Å². The summed E-state index contributed by atoms with van der Waals surface area (Å²) in [5.74, 6) is 0. The van der Waals surface area contributed by atoms with E-state index in [0.717, 1.165) is 57.3 Å². The molecule has 1 aromatic carbocycles. The van der Waals surface area contributed by atoms with Crippen LogP contribution in [0.25, 0.3) is 5.57 Å². The number of likely N-dealkylation sites (tertiary alicyclic amines) is 1. The topological polar surface area (TPSA) is 85.6 Å². The fourth-order valence-electron chi connectivity index (χ4n) is 4.46. The number of ether oxygens (including phenoxy) is 1. The molecule has 2 aromatic rings. The highest BCUT2D eigenvalue weighted by Gasteiger charge is 2.28. The van der Waals surface area contributed by atoms with E-state index < -0.39 is 4.92 Å². The molecule has 0 saturated carbocycles. The molecule has 0 atom stereocenters. The van der Waals surface area contributed by atoms with Crippen LogP contribution in [0.15, 0.2) is 34.4 Å². The Hall–Kier alpha value is -2.45. The van der Waals surface area contributed by atoms with E-state index in [-0.39, 0.29) is 24.2 Å². The Morgan fingerprint density at radius 1 is 1.21 bits per heavy atom. The van der Waals surface area contributed by atoms with Crippen molar-refractivity contribution in [3.63, 3.8) is 0 Å². The van der Waals surface area contributed by atoms with E-state index in [0.29, 0.717) is 32.5 Å². The highest BCUT2D eigenvalue weighted by molar-refractivity contribution is 9.10. The van der Waals surface area contributed by atoms with Crippen LogP contribution in [0.4, 0.5) is 10.5 Å². The first-order chi connectivity index (χ1) is 15.4. The lowest BCUT2D eigenvalue weighted by molar-refractivity contribution is -0.384. The standard InChI is InChI=1S/C23H23BrClN3O4.CH4/c1-2-32-23(29)27-8-6-14(7-9-27)21-18-12-20(28(30)31)19(25)11-15(18)4-3-5-16-10-17(24)13-26-22(16)21;/h10-13H,2-9H2,1H3;1H4. The molecule has 0 unspecified atom stereocenters. The molecule has 33 heavy (non-hydrogen) atoms. The summed E-state index contributed by atoms with van der Waals surface area (Å²) in [5, 5.41) is 11.8. The number of hydrogen-bond donors (Lipinski definition) is 0. The Kier molecular flexibility index (Phi) is 8.13. The number of hydrogen-bond acceptors (Lipinski definition) is 5. The number of aryl methyl sites for hydroxylation is 2. The SMILES string of the molecule is C.CCOC(=O)N1CCC(=C2c3cc([N+](=O)[O-])c(Cl)cc3CCCc3cc(Br)cnc32)CC1. The van der Waals surface area contributed by atoms with Crippen molar-refractivity contribution in [1.82, 2.24) is 9.88 Å². The summed E-state index contributed by atoms with van der Waals surface area (Å²) in [6.45, 7) is 3.20. The Morgan fingerprint density at radius 3 is 2.58 bits per heavy atom. The van der Waals surface area contributed by atoms with Crippen LogP contribution in [0, 0.1) is 10.1 Å². The molecule has 176 valence electrons. The second-order valence-corrected chi connectivity index (χ2v) is 9.22. The van der Waals surface area contributed by atoms with E-state index >= 15 is 0 Å². The van der Waals surface area contributed by atoms with Gasteiger partial charge in [0, 0.05) is 35.4 Å². The van der Waals surface area contributed by atoms with Crippen molar-refractivity contribution in [2.24, 2.45) is 0 Å². The third kappa shape index (κ3) is 5.22. The number of fused-ring (bicyclic) bond motifs is 2. The third-order valence-electron chi connectivity index (χ3n) is 5.95. The van der Waals surface area contributed by atoms with E-state index in [1.165, 1.54) is 0 Å². The number of rotatable bonds is 2. The molecule has 9 heteroatoms. The van der Waals surface area contributed by atoms with E-state index in [2.05, 4.69) is 22.0 Å². The van der Waals surface area contributed by atoms with Gasteiger partial charge in [-0.25, -0.2) is 4.79 Å². The number of aromatic nitrogens is 1. The van der Waals surface area contributed by atoms with Gasteiger partial charge in [-0.15, -0.1) is 0 Å². The molecule has 0 spiro atoms. The van der Waals surface area contributed by atoms with Crippen LogP contribution in [0.1, 0.15) is 56.0 Å². The third-order valence-corrected chi connectivity index (χ3v) is 6.68. The predicted octanol–water partition coefficient (Wildman–Crippen LogP) is 6.58. The van der Waals surface area contributed by atoms with Gasteiger partial charge in [-0.1, -0.05) is 24.6 Å². The van der Waals surface area contributed by atoms with Crippen LogP contribution in [-0.4, -0.2) is 40.6 Å². The minimum absolute atomic E-state index is 0. The molecule has 1 aliphatic heterocycles. The van der Waals surface area contributed by atoms with Crippen LogP contribution in [0.3, 0.4) is 0 Å². The smallest absolute Gasteiger partial charge is 0.409 e. The normalized spacial score (nSPS) is 15.5.